The third-order valence-electron chi connectivity index (χ3n) is 4.52. The molecule has 1 aliphatic rings. The smallest absolute Gasteiger partial charge is 0.409 e. The molecule has 0 saturated carbocycles. The average Bonchev–Trinajstić information content (AvgIpc) is 2.65. The standard InChI is InChI=1S/C18H25Cl2N3O3/c1-21(18(25)26-2)8-4-7-16(24)23-11-9-22(10-12-23)13-14-5-3-6-15(19)17(14)20/h3,5-6H,4,7-13H2,1-2H3. The molecule has 1 aromatic rings. The predicted octanol–water partition coefficient (Wildman–Crippen LogP) is 3.12. The number of carbonyl (C=O) groups excluding carboxylic acids is 2. The van der Waals surface area contributed by atoms with Gasteiger partial charge in [0.05, 0.1) is 17.2 Å². The van der Waals surface area contributed by atoms with E-state index in [1.54, 1.807) is 13.1 Å². The molecule has 0 N–H and O–H groups in total. The molecule has 0 bridgehead atoms. The molecule has 1 fully saturated rings. The van der Waals surface area contributed by atoms with Gasteiger partial charge in [-0.1, -0.05) is 35.3 Å². The van der Waals surface area contributed by atoms with Crippen LogP contribution in [0.2, 0.25) is 10.0 Å². The van der Waals surface area contributed by atoms with Crippen LogP contribution in [-0.4, -0.2) is 73.6 Å². The number of benzene rings is 1. The first-order chi connectivity index (χ1) is 12.4. The van der Waals surface area contributed by atoms with E-state index in [9.17, 15) is 9.59 Å². The summed E-state index contributed by atoms with van der Waals surface area (Å²) < 4.78 is 4.63. The van der Waals surface area contributed by atoms with Crippen LogP contribution >= 0.6 is 23.2 Å². The minimum atomic E-state index is -0.384. The Morgan fingerprint density at radius 1 is 1.19 bits per heavy atom. The van der Waals surface area contributed by atoms with Gasteiger partial charge in [0.2, 0.25) is 5.91 Å². The van der Waals surface area contributed by atoms with Crippen LogP contribution in [-0.2, 0) is 16.1 Å². The van der Waals surface area contributed by atoms with Gasteiger partial charge in [-0.05, 0) is 18.1 Å². The Balaban J connectivity index is 1.73. The van der Waals surface area contributed by atoms with Crippen molar-refractivity contribution in [3.63, 3.8) is 0 Å². The number of ether oxygens (including phenoxy) is 1. The van der Waals surface area contributed by atoms with Gasteiger partial charge in [-0.25, -0.2) is 4.79 Å². The van der Waals surface area contributed by atoms with Crippen molar-refractivity contribution < 1.29 is 14.3 Å². The number of hydrogen-bond acceptors (Lipinski definition) is 4. The first kappa shape index (κ1) is 20.8. The maximum Gasteiger partial charge on any atom is 0.409 e. The number of methoxy groups -OCH3 is 1. The number of rotatable bonds is 6. The van der Waals surface area contributed by atoms with E-state index in [2.05, 4.69) is 9.64 Å². The van der Waals surface area contributed by atoms with Crippen LogP contribution in [0.5, 0.6) is 0 Å². The maximum atomic E-state index is 12.3. The minimum Gasteiger partial charge on any atom is -0.453 e. The molecule has 1 aromatic carbocycles. The van der Waals surface area contributed by atoms with E-state index in [0.29, 0.717) is 42.5 Å². The van der Waals surface area contributed by atoms with E-state index in [0.717, 1.165) is 25.2 Å². The van der Waals surface area contributed by atoms with Gasteiger partial charge in [0, 0.05) is 52.7 Å². The lowest BCUT2D eigenvalue weighted by molar-refractivity contribution is -0.133. The Labute approximate surface area is 164 Å². The van der Waals surface area contributed by atoms with Crippen molar-refractivity contribution in [3.05, 3.63) is 33.8 Å². The number of carbonyl (C=O) groups is 2. The second kappa shape index (κ2) is 10.00. The summed E-state index contributed by atoms with van der Waals surface area (Å²) in [5, 5.41) is 1.16. The highest BCUT2D eigenvalue weighted by molar-refractivity contribution is 6.42. The van der Waals surface area contributed by atoms with Gasteiger partial charge in [0.15, 0.2) is 0 Å². The van der Waals surface area contributed by atoms with Crippen molar-refractivity contribution in [3.8, 4) is 0 Å². The lowest BCUT2D eigenvalue weighted by atomic mass is 10.2. The van der Waals surface area contributed by atoms with Crippen molar-refractivity contribution in [1.29, 1.82) is 0 Å². The highest BCUT2D eigenvalue weighted by Crippen LogP contribution is 2.26. The fourth-order valence-electron chi connectivity index (χ4n) is 2.94. The summed E-state index contributed by atoms with van der Waals surface area (Å²) in [6.07, 6.45) is 0.676. The van der Waals surface area contributed by atoms with E-state index >= 15 is 0 Å². The number of halogens is 2. The molecule has 0 unspecified atom stereocenters. The summed E-state index contributed by atoms with van der Waals surface area (Å²) in [7, 11) is 3.01. The van der Waals surface area contributed by atoms with Crippen LogP contribution in [0.4, 0.5) is 4.79 Å². The van der Waals surface area contributed by atoms with E-state index in [-0.39, 0.29) is 12.0 Å². The Kier molecular flexibility index (Phi) is 8.00. The zero-order valence-electron chi connectivity index (χ0n) is 15.2. The molecule has 0 aromatic heterocycles. The second-order valence-corrected chi connectivity index (χ2v) is 7.15. The van der Waals surface area contributed by atoms with Crippen LogP contribution in [0, 0.1) is 0 Å². The van der Waals surface area contributed by atoms with Gasteiger partial charge in [0.25, 0.3) is 0 Å². The maximum absolute atomic E-state index is 12.3. The second-order valence-electron chi connectivity index (χ2n) is 6.37. The van der Waals surface area contributed by atoms with Gasteiger partial charge in [0.1, 0.15) is 0 Å². The van der Waals surface area contributed by atoms with Crippen molar-refractivity contribution in [1.82, 2.24) is 14.7 Å². The Morgan fingerprint density at radius 3 is 2.54 bits per heavy atom. The van der Waals surface area contributed by atoms with Crippen LogP contribution in [0.25, 0.3) is 0 Å². The summed E-state index contributed by atoms with van der Waals surface area (Å²) in [5.41, 5.74) is 1.00. The molecule has 1 aliphatic heterocycles. The third kappa shape index (κ3) is 5.76. The highest BCUT2D eigenvalue weighted by atomic mass is 35.5. The van der Waals surface area contributed by atoms with Gasteiger partial charge in [-0.3, -0.25) is 9.69 Å². The molecule has 6 nitrogen and oxygen atoms in total. The average molecular weight is 402 g/mol. The summed E-state index contributed by atoms with van der Waals surface area (Å²) in [6, 6.07) is 5.65. The van der Waals surface area contributed by atoms with Gasteiger partial charge in [-0.2, -0.15) is 0 Å². The fraction of sp³-hybridized carbons (Fsp3) is 0.556. The normalized spacial score (nSPS) is 15.0. The Bertz CT molecular complexity index is 634. The molecular formula is C18H25Cl2N3O3. The molecule has 1 heterocycles. The monoisotopic (exact) mass is 401 g/mol. The van der Waals surface area contributed by atoms with E-state index < -0.39 is 0 Å². The quantitative estimate of drug-likeness (QED) is 0.734. The first-order valence-corrected chi connectivity index (χ1v) is 9.40. The van der Waals surface area contributed by atoms with E-state index in [4.69, 9.17) is 23.2 Å². The summed E-state index contributed by atoms with van der Waals surface area (Å²) in [4.78, 5) is 29.2. The van der Waals surface area contributed by atoms with Crippen LogP contribution in [0.3, 0.4) is 0 Å². The van der Waals surface area contributed by atoms with Crippen molar-refractivity contribution >= 4 is 35.2 Å². The number of hydrogen-bond donors (Lipinski definition) is 0. The van der Waals surface area contributed by atoms with Gasteiger partial charge < -0.3 is 14.5 Å². The fourth-order valence-corrected chi connectivity index (χ4v) is 3.32. The molecule has 1 saturated heterocycles. The minimum absolute atomic E-state index is 0.128. The van der Waals surface area contributed by atoms with E-state index in [1.165, 1.54) is 12.0 Å². The van der Waals surface area contributed by atoms with Gasteiger partial charge in [-0.15, -0.1) is 0 Å². The zero-order chi connectivity index (χ0) is 19.1. The van der Waals surface area contributed by atoms with Crippen LogP contribution in [0.15, 0.2) is 18.2 Å². The molecule has 0 atom stereocenters. The lowest BCUT2D eigenvalue weighted by Crippen LogP contribution is -2.48. The molecule has 8 heteroatoms. The molecule has 2 amide bonds. The summed E-state index contributed by atoms with van der Waals surface area (Å²) in [6.45, 7) is 4.23. The highest BCUT2D eigenvalue weighted by Gasteiger charge is 2.21. The molecule has 0 radical (unpaired) electrons. The predicted molar refractivity (Wildman–Crippen MR) is 103 cm³/mol. The molecule has 0 spiro atoms. The molecule has 0 aliphatic carbocycles. The molecule has 2 rings (SSSR count). The number of nitrogens with zero attached hydrogens (tertiary/aromatic N) is 3. The lowest BCUT2D eigenvalue weighted by Gasteiger charge is -2.35. The SMILES string of the molecule is COC(=O)N(C)CCCC(=O)N1CCN(Cc2cccc(Cl)c2Cl)CC1. The Morgan fingerprint density at radius 2 is 1.88 bits per heavy atom. The first-order valence-electron chi connectivity index (χ1n) is 8.64. The topological polar surface area (TPSA) is 53.1 Å². The van der Waals surface area contributed by atoms with Crippen molar-refractivity contribution in [2.45, 2.75) is 19.4 Å². The number of amides is 2. The molecular weight excluding hydrogens is 377 g/mol. The third-order valence-corrected chi connectivity index (χ3v) is 5.38. The van der Waals surface area contributed by atoms with Crippen molar-refractivity contribution in [2.75, 3.05) is 46.9 Å². The summed E-state index contributed by atoms with van der Waals surface area (Å²) in [5.74, 6) is 0.128. The van der Waals surface area contributed by atoms with Crippen LogP contribution < -0.4 is 0 Å². The Hall–Kier alpha value is -1.50. The van der Waals surface area contributed by atoms with Gasteiger partial charge >= 0.3 is 6.09 Å². The van der Waals surface area contributed by atoms with E-state index in [1.807, 2.05) is 17.0 Å². The zero-order valence-corrected chi connectivity index (χ0v) is 16.7. The van der Waals surface area contributed by atoms with Crippen molar-refractivity contribution in [2.24, 2.45) is 0 Å². The summed E-state index contributed by atoms with van der Waals surface area (Å²) >= 11 is 12.3. The largest absolute Gasteiger partial charge is 0.453 e. The number of piperazine rings is 1. The van der Waals surface area contributed by atoms with Crippen LogP contribution in [0.1, 0.15) is 18.4 Å². The molecule has 144 valence electrons. The molecule has 26 heavy (non-hydrogen) atoms.